The maximum Gasteiger partial charge on any atom is 0.236 e. The first-order chi connectivity index (χ1) is 12.2. The number of hydrogen-bond acceptors (Lipinski definition) is 5. The molecule has 6 nitrogen and oxygen atoms in total. The molecule has 3 rings (SSSR count). The lowest BCUT2D eigenvalue weighted by molar-refractivity contribution is -0.135. The Labute approximate surface area is 157 Å². The maximum atomic E-state index is 12.4. The van der Waals surface area contributed by atoms with Crippen LogP contribution in [0.25, 0.3) is 0 Å². The summed E-state index contributed by atoms with van der Waals surface area (Å²) >= 11 is 3.45. The summed E-state index contributed by atoms with van der Waals surface area (Å²) in [6.07, 6.45) is 0. The van der Waals surface area contributed by atoms with E-state index >= 15 is 0 Å². The van der Waals surface area contributed by atoms with Crippen molar-refractivity contribution >= 4 is 21.8 Å². The van der Waals surface area contributed by atoms with Crippen LogP contribution >= 0.6 is 15.9 Å². The molecule has 0 saturated carbocycles. The minimum atomic E-state index is 0.243. The summed E-state index contributed by atoms with van der Waals surface area (Å²) in [5.74, 6) is 1.13. The number of rotatable bonds is 6. The Kier molecular flexibility index (Phi) is 7.10. The number of benzene rings is 1. The number of hydrogen-bond donors (Lipinski definition) is 0. The second-order valence-corrected chi connectivity index (χ2v) is 7.33. The molecule has 0 radical (unpaired) electrons. The summed E-state index contributed by atoms with van der Waals surface area (Å²) in [5.41, 5.74) is 0. The highest BCUT2D eigenvalue weighted by molar-refractivity contribution is 9.10. The molecule has 2 fully saturated rings. The van der Waals surface area contributed by atoms with E-state index in [1.54, 1.807) is 0 Å². The predicted octanol–water partition coefficient (Wildman–Crippen LogP) is 1.30. The molecule has 0 bridgehead atoms. The third-order valence-electron chi connectivity index (χ3n) is 4.66. The average molecular weight is 412 g/mol. The summed E-state index contributed by atoms with van der Waals surface area (Å²) in [6.45, 7) is 8.70. The zero-order chi connectivity index (χ0) is 17.5. The lowest BCUT2D eigenvalue weighted by Gasteiger charge is -2.36. The molecule has 2 aliphatic heterocycles. The van der Waals surface area contributed by atoms with Crippen molar-refractivity contribution in [3.8, 4) is 5.75 Å². The molecule has 7 heteroatoms. The van der Waals surface area contributed by atoms with Crippen molar-refractivity contribution in [1.82, 2.24) is 14.7 Å². The van der Waals surface area contributed by atoms with Gasteiger partial charge in [-0.2, -0.15) is 0 Å². The number of carbonyl (C=O) groups excluding carboxylic acids is 1. The highest BCUT2D eigenvalue weighted by Crippen LogP contribution is 2.17. The van der Waals surface area contributed by atoms with Gasteiger partial charge in [-0.05, 0) is 18.2 Å². The van der Waals surface area contributed by atoms with Gasteiger partial charge in [0.15, 0.2) is 0 Å². The van der Waals surface area contributed by atoms with Crippen molar-refractivity contribution in [1.29, 1.82) is 0 Å². The van der Waals surface area contributed by atoms with Crippen molar-refractivity contribution in [2.24, 2.45) is 0 Å². The Hall–Kier alpha value is -1.15. The Balaban J connectivity index is 1.33. The topological polar surface area (TPSA) is 45.2 Å². The van der Waals surface area contributed by atoms with Crippen LogP contribution in [0.4, 0.5) is 0 Å². The Morgan fingerprint density at radius 2 is 1.84 bits per heavy atom. The van der Waals surface area contributed by atoms with Gasteiger partial charge in [0.1, 0.15) is 12.4 Å². The van der Waals surface area contributed by atoms with E-state index in [0.717, 1.165) is 69.2 Å². The SMILES string of the molecule is O=C(CN1CCOCC1)N1CCN(CCOc2cccc(Br)c2)CC1. The number of nitrogens with zero attached hydrogens (tertiary/aromatic N) is 3. The largest absolute Gasteiger partial charge is 0.492 e. The van der Waals surface area contributed by atoms with Gasteiger partial charge in [-0.25, -0.2) is 0 Å². The fourth-order valence-electron chi connectivity index (χ4n) is 3.12. The van der Waals surface area contributed by atoms with Crippen molar-refractivity contribution in [2.45, 2.75) is 0 Å². The molecule has 25 heavy (non-hydrogen) atoms. The van der Waals surface area contributed by atoms with Gasteiger partial charge >= 0.3 is 0 Å². The van der Waals surface area contributed by atoms with Gasteiger partial charge in [0.05, 0.1) is 19.8 Å². The minimum Gasteiger partial charge on any atom is -0.492 e. The summed E-state index contributed by atoms with van der Waals surface area (Å²) < 4.78 is 12.1. The number of morpholine rings is 1. The van der Waals surface area contributed by atoms with Gasteiger partial charge in [-0.3, -0.25) is 14.6 Å². The van der Waals surface area contributed by atoms with E-state index in [9.17, 15) is 4.79 Å². The van der Waals surface area contributed by atoms with E-state index < -0.39 is 0 Å². The van der Waals surface area contributed by atoms with Crippen molar-refractivity contribution in [3.63, 3.8) is 0 Å². The monoisotopic (exact) mass is 411 g/mol. The molecule has 2 saturated heterocycles. The number of ether oxygens (including phenoxy) is 2. The Bertz CT molecular complexity index is 558. The molecule has 0 atom stereocenters. The first kappa shape index (κ1) is 18.6. The lowest BCUT2D eigenvalue weighted by Crippen LogP contribution is -2.52. The molecular formula is C18H26BrN3O3. The first-order valence-corrected chi connectivity index (χ1v) is 9.68. The van der Waals surface area contributed by atoms with Crippen LogP contribution in [-0.4, -0.2) is 92.8 Å². The van der Waals surface area contributed by atoms with E-state index in [0.29, 0.717) is 13.2 Å². The van der Waals surface area contributed by atoms with Crippen molar-refractivity contribution in [2.75, 3.05) is 72.2 Å². The number of carbonyl (C=O) groups is 1. The molecule has 2 heterocycles. The number of halogens is 1. The van der Waals surface area contributed by atoms with Crippen LogP contribution in [0.5, 0.6) is 5.75 Å². The van der Waals surface area contributed by atoms with E-state index in [2.05, 4.69) is 25.7 Å². The van der Waals surface area contributed by atoms with Gasteiger partial charge in [0, 0.05) is 50.3 Å². The zero-order valence-corrected chi connectivity index (χ0v) is 16.1. The second kappa shape index (κ2) is 9.52. The van der Waals surface area contributed by atoms with Crippen LogP contribution in [0.1, 0.15) is 0 Å². The second-order valence-electron chi connectivity index (χ2n) is 6.42. The molecule has 1 aromatic rings. The summed E-state index contributed by atoms with van der Waals surface area (Å²) in [4.78, 5) is 18.9. The molecule has 138 valence electrons. The molecular weight excluding hydrogens is 386 g/mol. The van der Waals surface area contributed by atoms with Crippen LogP contribution in [0.15, 0.2) is 28.7 Å². The summed E-state index contributed by atoms with van der Waals surface area (Å²) in [7, 11) is 0. The number of amides is 1. The number of piperazine rings is 1. The normalized spacial score (nSPS) is 19.8. The third-order valence-corrected chi connectivity index (χ3v) is 5.15. The van der Waals surface area contributed by atoms with Crippen LogP contribution in [-0.2, 0) is 9.53 Å². The fraction of sp³-hybridized carbons (Fsp3) is 0.611. The summed E-state index contributed by atoms with van der Waals surface area (Å²) in [6, 6.07) is 7.90. The van der Waals surface area contributed by atoms with Gasteiger partial charge < -0.3 is 14.4 Å². The van der Waals surface area contributed by atoms with Crippen LogP contribution in [0, 0.1) is 0 Å². The van der Waals surface area contributed by atoms with E-state index in [-0.39, 0.29) is 5.91 Å². The van der Waals surface area contributed by atoms with Crippen molar-refractivity contribution < 1.29 is 14.3 Å². The third kappa shape index (κ3) is 5.95. The molecule has 0 spiro atoms. The van der Waals surface area contributed by atoms with Gasteiger partial charge in [0.2, 0.25) is 5.91 Å². The zero-order valence-electron chi connectivity index (χ0n) is 14.5. The summed E-state index contributed by atoms with van der Waals surface area (Å²) in [5, 5.41) is 0. The van der Waals surface area contributed by atoms with Gasteiger partial charge in [-0.15, -0.1) is 0 Å². The quantitative estimate of drug-likeness (QED) is 0.705. The van der Waals surface area contributed by atoms with Crippen LogP contribution in [0.2, 0.25) is 0 Å². The Morgan fingerprint density at radius 1 is 1.08 bits per heavy atom. The molecule has 0 aromatic heterocycles. The highest BCUT2D eigenvalue weighted by Gasteiger charge is 2.23. The fourth-order valence-corrected chi connectivity index (χ4v) is 3.50. The van der Waals surface area contributed by atoms with Crippen LogP contribution in [0.3, 0.4) is 0 Å². The maximum absolute atomic E-state index is 12.4. The Morgan fingerprint density at radius 3 is 2.56 bits per heavy atom. The highest BCUT2D eigenvalue weighted by atomic mass is 79.9. The van der Waals surface area contributed by atoms with E-state index in [4.69, 9.17) is 9.47 Å². The smallest absolute Gasteiger partial charge is 0.236 e. The molecule has 1 amide bonds. The molecule has 2 aliphatic rings. The molecule has 1 aromatic carbocycles. The minimum absolute atomic E-state index is 0.243. The molecule has 0 aliphatic carbocycles. The average Bonchev–Trinajstić information content (AvgIpc) is 2.63. The first-order valence-electron chi connectivity index (χ1n) is 8.89. The lowest BCUT2D eigenvalue weighted by atomic mass is 10.3. The van der Waals surface area contributed by atoms with Crippen molar-refractivity contribution in [3.05, 3.63) is 28.7 Å². The van der Waals surface area contributed by atoms with E-state index in [1.807, 2.05) is 29.2 Å². The van der Waals surface area contributed by atoms with Crippen LogP contribution < -0.4 is 4.74 Å². The predicted molar refractivity (Wildman–Crippen MR) is 99.9 cm³/mol. The molecule has 0 unspecified atom stereocenters. The molecule has 0 N–H and O–H groups in total. The van der Waals surface area contributed by atoms with Gasteiger partial charge in [0.25, 0.3) is 0 Å². The van der Waals surface area contributed by atoms with Gasteiger partial charge in [-0.1, -0.05) is 22.0 Å². The van der Waals surface area contributed by atoms with E-state index in [1.165, 1.54) is 0 Å². The standard InChI is InChI=1S/C18H26BrN3O3/c19-16-2-1-3-17(14-16)25-13-10-20-4-6-22(7-5-20)18(23)15-21-8-11-24-12-9-21/h1-3,14H,4-13,15H2.